The Morgan fingerprint density at radius 3 is 1.91 bits per heavy atom. The second kappa shape index (κ2) is 4.68. The maximum Gasteiger partial charge on any atom is 0.339 e. The largest absolute Gasteiger partial charge is 0.478 e. The summed E-state index contributed by atoms with van der Waals surface area (Å²) < 4.78 is 0. The van der Waals surface area contributed by atoms with Gasteiger partial charge in [-0.1, -0.05) is 24.3 Å². The van der Waals surface area contributed by atoms with Crippen molar-refractivity contribution < 1.29 is 19.5 Å². The minimum atomic E-state index is -1.49. The summed E-state index contributed by atoms with van der Waals surface area (Å²) in [6.45, 7) is 0. The fraction of sp³-hybridized carbons (Fsp3) is 0. The second-order valence-electron chi connectivity index (χ2n) is 4.95. The number of aromatic carboxylic acids is 1. The molecule has 7 nitrogen and oxygen atoms in total. The van der Waals surface area contributed by atoms with Crippen molar-refractivity contribution in [1.29, 1.82) is 5.26 Å². The van der Waals surface area contributed by atoms with Gasteiger partial charge in [-0.15, -0.1) is 0 Å². The summed E-state index contributed by atoms with van der Waals surface area (Å²) in [6, 6.07) is 7.73. The Balaban J connectivity index is 2.50. The number of benzene rings is 2. The van der Waals surface area contributed by atoms with Gasteiger partial charge < -0.3 is 16.6 Å². The van der Waals surface area contributed by atoms with Crippen molar-refractivity contribution in [2.75, 3.05) is 11.5 Å². The third kappa shape index (κ3) is 1.72. The van der Waals surface area contributed by atoms with Crippen molar-refractivity contribution in [3.63, 3.8) is 0 Å². The average Bonchev–Trinajstić information content (AvgIpc) is 2.53. The number of fused-ring (bicyclic) bond motifs is 2. The Morgan fingerprint density at radius 1 is 1.00 bits per heavy atom. The van der Waals surface area contributed by atoms with Crippen molar-refractivity contribution in [2.45, 2.75) is 0 Å². The van der Waals surface area contributed by atoms with E-state index in [9.17, 15) is 24.8 Å². The highest BCUT2D eigenvalue weighted by atomic mass is 16.4. The van der Waals surface area contributed by atoms with Gasteiger partial charge in [0, 0.05) is 11.1 Å². The molecule has 0 heterocycles. The molecule has 1 aliphatic rings. The van der Waals surface area contributed by atoms with E-state index in [2.05, 4.69) is 0 Å². The van der Waals surface area contributed by atoms with Crippen LogP contribution in [-0.4, -0.2) is 22.6 Å². The quantitative estimate of drug-likeness (QED) is 0.572. The zero-order valence-electron chi connectivity index (χ0n) is 11.6. The van der Waals surface area contributed by atoms with E-state index >= 15 is 0 Å². The lowest BCUT2D eigenvalue weighted by Crippen LogP contribution is -2.26. The van der Waals surface area contributed by atoms with E-state index in [4.69, 9.17) is 11.5 Å². The SMILES string of the molecule is N#Cc1c(N)c2c(c(N)c1C(=O)O)C(=O)c1ccccc1C2=O. The number of carboxylic acid groups (broad SMARTS) is 1. The number of ketones is 2. The first-order chi connectivity index (χ1) is 10.9. The Kier molecular flexibility index (Phi) is 2.90. The number of nitrogens with two attached hydrogens (primary N) is 2. The standard InChI is InChI=1S/C16H9N3O4/c17-5-8-9(16(22)23)13(19)11-10(12(8)18)14(20)6-3-1-2-4-7(6)15(11)21/h1-4H,18-19H2,(H,22,23). The molecule has 0 fully saturated rings. The summed E-state index contributed by atoms with van der Waals surface area (Å²) in [5, 5.41) is 18.4. The third-order valence-corrected chi connectivity index (χ3v) is 3.77. The molecule has 112 valence electrons. The Bertz CT molecular complexity index is 970. The Hall–Kier alpha value is -3.66. The second-order valence-corrected chi connectivity index (χ2v) is 4.95. The van der Waals surface area contributed by atoms with Crippen LogP contribution in [-0.2, 0) is 0 Å². The van der Waals surface area contributed by atoms with Crippen molar-refractivity contribution in [1.82, 2.24) is 0 Å². The van der Waals surface area contributed by atoms with Gasteiger partial charge >= 0.3 is 5.97 Å². The van der Waals surface area contributed by atoms with Crippen LogP contribution in [0.4, 0.5) is 11.4 Å². The van der Waals surface area contributed by atoms with Crippen LogP contribution in [0.5, 0.6) is 0 Å². The van der Waals surface area contributed by atoms with Crippen molar-refractivity contribution in [2.24, 2.45) is 0 Å². The number of hydrogen-bond donors (Lipinski definition) is 3. The lowest BCUT2D eigenvalue weighted by atomic mass is 9.80. The summed E-state index contributed by atoms with van der Waals surface area (Å²) in [4.78, 5) is 36.7. The van der Waals surface area contributed by atoms with E-state index in [1.165, 1.54) is 12.1 Å². The van der Waals surface area contributed by atoms with E-state index < -0.39 is 34.4 Å². The minimum absolute atomic E-state index is 0.122. The molecule has 7 heteroatoms. The molecule has 0 aliphatic heterocycles. The van der Waals surface area contributed by atoms with Gasteiger partial charge in [0.2, 0.25) is 0 Å². The molecule has 0 spiro atoms. The van der Waals surface area contributed by atoms with Gasteiger partial charge in [-0.2, -0.15) is 5.26 Å². The van der Waals surface area contributed by atoms with E-state index in [1.807, 2.05) is 0 Å². The van der Waals surface area contributed by atoms with Crippen LogP contribution in [0.15, 0.2) is 24.3 Å². The molecule has 5 N–H and O–H groups in total. The first-order valence-electron chi connectivity index (χ1n) is 6.46. The fourth-order valence-electron chi connectivity index (χ4n) is 2.75. The van der Waals surface area contributed by atoms with Gasteiger partial charge in [0.15, 0.2) is 11.6 Å². The van der Waals surface area contributed by atoms with Gasteiger partial charge in [0.1, 0.15) is 11.6 Å². The van der Waals surface area contributed by atoms with Crippen LogP contribution in [0.3, 0.4) is 0 Å². The monoisotopic (exact) mass is 307 g/mol. The third-order valence-electron chi connectivity index (χ3n) is 3.77. The molecule has 0 bridgehead atoms. The highest BCUT2D eigenvalue weighted by molar-refractivity contribution is 6.33. The molecule has 23 heavy (non-hydrogen) atoms. The molecule has 3 rings (SSSR count). The average molecular weight is 307 g/mol. The van der Waals surface area contributed by atoms with Gasteiger partial charge in [-0.25, -0.2) is 4.79 Å². The predicted molar refractivity (Wildman–Crippen MR) is 80.2 cm³/mol. The molecule has 0 radical (unpaired) electrons. The number of nitrogens with zero attached hydrogens (tertiary/aromatic N) is 1. The maximum absolute atomic E-state index is 12.6. The highest BCUT2D eigenvalue weighted by Gasteiger charge is 2.37. The van der Waals surface area contributed by atoms with Gasteiger partial charge in [0.25, 0.3) is 0 Å². The van der Waals surface area contributed by atoms with Crippen LogP contribution in [0.25, 0.3) is 0 Å². The lowest BCUT2D eigenvalue weighted by molar-refractivity contribution is 0.0697. The van der Waals surface area contributed by atoms with Gasteiger partial charge in [-0.3, -0.25) is 9.59 Å². The summed E-state index contributed by atoms with van der Waals surface area (Å²) in [5.74, 6) is -2.65. The molecular weight excluding hydrogens is 298 g/mol. The number of nitriles is 1. The maximum atomic E-state index is 12.6. The number of carboxylic acids is 1. The van der Waals surface area contributed by atoms with Crippen LogP contribution in [0, 0.1) is 11.3 Å². The fourth-order valence-corrected chi connectivity index (χ4v) is 2.75. The summed E-state index contributed by atoms with van der Waals surface area (Å²) in [5.41, 5.74) is 9.65. The number of carbonyl (C=O) groups excluding carboxylic acids is 2. The molecule has 0 amide bonds. The molecule has 0 saturated carbocycles. The molecule has 1 aliphatic carbocycles. The van der Waals surface area contributed by atoms with Crippen LogP contribution < -0.4 is 11.5 Å². The number of carbonyl (C=O) groups is 3. The van der Waals surface area contributed by atoms with Crippen LogP contribution >= 0.6 is 0 Å². The first kappa shape index (κ1) is 14.3. The molecule has 2 aromatic carbocycles. The van der Waals surface area contributed by atoms with E-state index in [0.717, 1.165) is 0 Å². The van der Waals surface area contributed by atoms with Crippen molar-refractivity contribution >= 4 is 28.9 Å². The van der Waals surface area contributed by atoms with E-state index in [0.29, 0.717) is 0 Å². The number of hydrogen-bond acceptors (Lipinski definition) is 6. The smallest absolute Gasteiger partial charge is 0.339 e. The zero-order chi connectivity index (χ0) is 16.9. The van der Waals surface area contributed by atoms with Crippen LogP contribution in [0.2, 0.25) is 0 Å². The molecule has 0 aromatic heterocycles. The molecule has 2 aromatic rings. The Labute approximate surface area is 129 Å². The normalized spacial score (nSPS) is 12.3. The van der Waals surface area contributed by atoms with Gasteiger partial charge in [0.05, 0.1) is 28.1 Å². The van der Waals surface area contributed by atoms with Crippen molar-refractivity contribution in [3.8, 4) is 6.07 Å². The van der Waals surface area contributed by atoms with Crippen LogP contribution in [0.1, 0.15) is 47.8 Å². The first-order valence-corrected chi connectivity index (χ1v) is 6.46. The zero-order valence-corrected chi connectivity index (χ0v) is 11.6. The highest BCUT2D eigenvalue weighted by Crippen LogP contribution is 2.38. The predicted octanol–water partition coefficient (Wildman–Crippen LogP) is 1.20. The molecule has 0 atom stereocenters. The van der Waals surface area contributed by atoms with E-state index in [-0.39, 0.29) is 27.9 Å². The molecule has 0 saturated heterocycles. The summed E-state index contributed by atoms with van der Waals surface area (Å²) >= 11 is 0. The lowest BCUT2D eigenvalue weighted by Gasteiger charge is -2.22. The molecule has 0 unspecified atom stereocenters. The topological polar surface area (TPSA) is 147 Å². The summed E-state index contributed by atoms with van der Waals surface area (Å²) in [6.07, 6.45) is 0. The van der Waals surface area contributed by atoms with Crippen molar-refractivity contribution in [3.05, 3.63) is 57.6 Å². The number of anilines is 2. The minimum Gasteiger partial charge on any atom is -0.478 e. The number of nitrogen functional groups attached to an aromatic ring is 2. The number of rotatable bonds is 1. The van der Waals surface area contributed by atoms with Gasteiger partial charge in [-0.05, 0) is 0 Å². The van der Waals surface area contributed by atoms with E-state index in [1.54, 1.807) is 18.2 Å². The Morgan fingerprint density at radius 2 is 1.48 bits per heavy atom. The molecular formula is C16H9N3O4. The summed E-state index contributed by atoms with van der Waals surface area (Å²) in [7, 11) is 0.